The van der Waals surface area contributed by atoms with Crippen LogP contribution in [0.2, 0.25) is 0 Å². The molecule has 3 heteroatoms. The van der Waals surface area contributed by atoms with E-state index in [0.29, 0.717) is 10.7 Å². The molecule has 0 aromatic carbocycles. The fraction of sp³-hybridized carbons (Fsp3) is 1.00. The van der Waals surface area contributed by atoms with Gasteiger partial charge in [0.15, 0.2) is 0 Å². The summed E-state index contributed by atoms with van der Waals surface area (Å²) in [5, 5.41) is 4.99. The molecule has 11 heavy (non-hydrogen) atoms. The molecular weight excluding hydrogens is 174 g/mol. The highest BCUT2D eigenvalue weighted by Gasteiger charge is 2.23. The van der Waals surface area contributed by atoms with Gasteiger partial charge in [-0.3, -0.25) is 5.32 Å². The summed E-state index contributed by atoms with van der Waals surface area (Å²) in [5.41, 5.74) is 0. The minimum atomic E-state index is 0.691. The Balaban J connectivity index is 2.37. The third kappa shape index (κ3) is 2.88. The summed E-state index contributed by atoms with van der Waals surface area (Å²) >= 11 is 4.11. The normalized spacial score (nSPS) is 39.0. The van der Waals surface area contributed by atoms with E-state index in [2.05, 4.69) is 49.6 Å². The SMILES string of the molecule is CCC1NC(CC)SC(C)S1. The van der Waals surface area contributed by atoms with Crippen molar-refractivity contribution in [2.24, 2.45) is 0 Å². The second-order valence-electron chi connectivity index (χ2n) is 2.80. The van der Waals surface area contributed by atoms with Crippen molar-refractivity contribution >= 4 is 23.5 Å². The monoisotopic (exact) mass is 191 g/mol. The van der Waals surface area contributed by atoms with Crippen LogP contribution in [0.4, 0.5) is 0 Å². The second-order valence-corrected chi connectivity index (χ2v) is 6.20. The lowest BCUT2D eigenvalue weighted by Crippen LogP contribution is -2.39. The number of hydrogen-bond acceptors (Lipinski definition) is 3. The summed E-state index contributed by atoms with van der Waals surface area (Å²) in [7, 11) is 0. The first-order chi connectivity index (χ1) is 5.26. The maximum absolute atomic E-state index is 3.61. The van der Waals surface area contributed by atoms with Crippen LogP contribution in [0.5, 0.6) is 0 Å². The molecule has 1 rings (SSSR count). The van der Waals surface area contributed by atoms with Crippen molar-refractivity contribution in [2.45, 2.75) is 48.9 Å². The summed E-state index contributed by atoms with van der Waals surface area (Å²) in [6.45, 7) is 6.81. The van der Waals surface area contributed by atoms with Crippen LogP contribution in [0.3, 0.4) is 0 Å². The molecule has 0 aromatic heterocycles. The average molecular weight is 191 g/mol. The Morgan fingerprint density at radius 2 is 1.55 bits per heavy atom. The van der Waals surface area contributed by atoms with Crippen molar-refractivity contribution in [3.05, 3.63) is 0 Å². The van der Waals surface area contributed by atoms with Gasteiger partial charge < -0.3 is 0 Å². The fourth-order valence-electron chi connectivity index (χ4n) is 1.21. The first-order valence-electron chi connectivity index (χ1n) is 4.33. The Bertz CT molecular complexity index is 107. The maximum Gasteiger partial charge on any atom is 0.0549 e. The molecule has 0 radical (unpaired) electrons. The van der Waals surface area contributed by atoms with Crippen LogP contribution >= 0.6 is 23.5 Å². The summed E-state index contributed by atoms with van der Waals surface area (Å²) in [6.07, 6.45) is 2.48. The van der Waals surface area contributed by atoms with Gasteiger partial charge in [0.1, 0.15) is 0 Å². The van der Waals surface area contributed by atoms with E-state index < -0.39 is 0 Å². The van der Waals surface area contributed by atoms with Crippen LogP contribution in [0.15, 0.2) is 0 Å². The molecular formula is C8H17NS2. The molecule has 0 saturated carbocycles. The van der Waals surface area contributed by atoms with Gasteiger partial charge in [0, 0.05) is 0 Å². The van der Waals surface area contributed by atoms with Crippen LogP contribution in [0.1, 0.15) is 33.6 Å². The van der Waals surface area contributed by atoms with Crippen molar-refractivity contribution in [3.8, 4) is 0 Å². The molecule has 1 nitrogen and oxygen atoms in total. The summed E-state index contributed by atoms with van der Waals surface area (Å²) in [4.78, 5) is 0. The van der Waals surface area contributed by atoms with Crippen LogP contribution < -0.4 is 5.32 Å². The van der Waals surface area contributed by atoms with E-state index in [1.54, 1.807) is 0 Å². The predicted molar refractivity (Wildman–Crippen MR) is 55.9 cm³/mol. The Kier molecular flexibility index (Phi) is 4.10. The lowest BCUT2D eigenvalue weighted by atomic mass is 10.4. The van der Waals surface area contributed by atoms with Crippen molar-refractivity contribution in [1.29, 1.82) is 0 Å². The zero-order chi connectivity index (χ0) is 8.27. The molecule has 2 unspecified atom stereocenters. The minimum Gasteiger partial charge on any atom is -0.294 e. The van der Waals surface area contributed by atoms with Crippen LogP contribution in [-0.4, -0.2) is 15.3 Å². The number of thioether (sulfide) groups is 2. The Labute approximate surface area is 78.1 Å². The molecule has 0 aromatic rings. The number of hydrogen-bond donors (Lipinski definition) is 1. The molecule has 0 spiro atoms. The van der Waals surface area contributed by atoms with Gasteiger partial charge in [0.05, 0.1) is 15.3 Å². The summed E-state index contributed by atoms with van der Waals surface area (Å²) in [5.74, 6) is 0. The molecule has 2 atom stereocenters. The Morgan fingerprint density at radius 3 is 1.91 bits per heavy atom. The van der Waals surface area contributed by atoms with Gasteiger partial charge in [0.2, 0.25) is 0 Å². The van der Waals surface area contributed by atoms with Crippen LogP contribution in [0.25, 0.3) is 0 Å². The predicted octanol–water partition coefficient (Wildman–Crippen LogP) is 2.87. The third-order valence-electron chi connectivity index (χ3n) is 1.83. The first kappa shape index (κ1) is 9.75. The highest BCUT2D eigenvalue weighted by atomic mass is 32.2. The minimum absolute atomic E-state index is 0.691. The van der Waals surface area contributed by atoms with Crippen molar-refractivity contribution in [1.82, 2.24) is 5.32 Å². The van der Waals surface area contributed by atoms with E-state index in [0.717, 1.165) is 4.58 Å². The van der Waals surface area contributed by atoms with Gasteiger partial charge in [-0.25, -0.2) is 0 Å². The number of nitrogens with one attached hydrogen (secondary N) is 1. The smallest absolute Gasteiger partial charge is 0.0549 e. The standard InChI is InChI=1S/C8H17NS2/c1-4-7-9-8(5-2)11-6(3)10-7/h6-9H,4-5H2,1-3H3. The zero-order valence-electron chi connectivity index (χ0n) is 7.46. The fourth-order valence-corrected chi connectivity index (χ4v) is 4.15. The molecule has 0 amide bonds. The van der Waals surface area contributed by atoms with Gasteiger partial charge in [0.25, 0.3) is 0 Å². The summed E-state index contributed by atoms with van der Waals surface area (Å²) < 4.78 is 0.770. The molecule has 1 N–H and O–H groups in total. The third-order valence-corrected chi connectivity index (χ3v) is 4.85. The van der Waals surface area contributed by atoms with Crippen molar-refractivity contribution in [3.63, 3.8) is 0 Å². The molecule has 1 heterocycles. The maximum atomic E-state index is 3.61. The van der Waals surface area contributed by atoms with Crippen molar-refractivity contribution < 1.29 is 0 Å². The van der Waals surface area contributed by atoms with Gasteiger partial charge in [-0.05, 0) is 19.8 Å². The van der Waals surface area contributed by atoms with E-state index in [1.165, 1.54) is 12.8 Å². The van der Waals surface area contributed by atoms with E-state index in [4.69, 9.17) is 0 Å². The largest absolute Gasteiger partial charge is 0.294 e. The van der Waals surface area contributed by atoms with E-state index in [1.807, 2.05) is 0 Å². The van der Waals surface area contributed by atoms with E-state index in [9.17, 15) is 0 Å². The molecule has 1 fully saturated rings. The highest BCUT2D eigenvalue weighted by molar-refractivity contribution is 8.18. The van der Waals surface area contributed by atoms with Gasteiger partial charge >= 0.3 is 0 Å². The Hall–Kier alpha value is 0.660. The lowest BCUT2D eigenvalue weighted by Gasteiger charge is -2.32. The average Bonchev–Trinajstić information content (AvgIpc) is 2.03. The summed E-state index contributed by atoms with van der Waals surface area (Å²) in [6, 6.07) is 0. The second kappa shape index (κ2) is 4.63. The highest BCUT2D eigenvalue weighted by Crippen LogP contribution is 2.36. The molecule has 0 aliphatic carbocycles. The van der Waals surface area contributed by atoms with Crippen molar-refractivity contribution in [2.75, 3.05) is 0 Å². The topological polar surface area (TPSA) is 12.0 Å². The molecule has 1 aliphatic rings. The first-order valence-corrected chi connectivity index (χ1v) is 6.21. The van der Waals surface area contributed by atoms with Gasteiger partial charge in [-0.15, -0.1) is 23.5 Å². The van der Waals surface area contributed by atoms with E-state index in [-0.39, 0.29) is 0 Å². The molecule has 1 aliphatic heterocycles. The molecule has 1 saturated heterocycles. The van der Waals surface area contributed by atoms with Crippen LogP contribution in [-0.2, 0) is 0 Å². The van der Waals surface area contributed by atoms with Gasteiger partial charge in [-0.1, -0.05) is 13.8 Å². The van der Waals surface area contributed by atoms with Crippen LogP contribution in [0, 0.1) is 0 Å². The molecule has 66 valence electrons. The van der Waals surface area contributed by atoms with E-state index >= 15 is 0 Å². The van der Waals surface area contributed by atoms with Gasteiger partial charge in [-0.2, -0.15) is 0 Å². The quantitative estimate of drug-likeness (QED) is 0.721. The lowest BCUT2D eigenvalue weighted by molar-refractivity contribution is 0.585. The zero-order valence-corrected chi connectivity index (χ0v) is 9.10. The number of rotatable bonds is 2. The Morgan fingerprint density at radius 1 is 1.09 bits per heavy atom. The molecule has 0 bridgehead atoms.